The van der Waals surface area contributed by atoms with E-state index in [1.165, 1.54) is 30.5 Å². The van der Waals surface area contributed by atoms with Crippen LogP contribution < -0.4 is 10.1 Å². The summed E-state index contributed by atoms with van der Waals surface area (Å²) in [4.78, 5) is 22.9. The van der Waals surface area contributed by atoms with Crippen molar-refractivity contribution in [3.63, 3.8) is 0 Å². The van der Waals surface area contributed by atoms with E-state index in [1.807, 2.05) is 0 Å². The minimum atomic E-state index is -4.81. The van der Waals surface area contributed by atoms with E-state index in [2.05, 4.69) is 15.2 Å². The van der Waals surface area contributed by atoms with Crippen LogP contribution in [0.4, 0.5) is 19.0 Å². The molecule has 0 radical (unpaired) electrons. The van der Waals surface area contributed by atoms with E-state index in [-0.39, 0.29) is 24.0 Å². The van der Waals surface area contributed by atoms with Gasteiger partial charge in [0, 0.05) is 18.2 Å². The highest BCUT2D eigenvalue weighted by Crippen LogP contribution is 2.51. The number of aromatic nitrogens is 2. The first-order valence-electron chi connectivity index (χ1n) is 7.64. The largest absolute Gasteiger partial charge is 0.573 e. The number of carbonyl (C=O) groups excluding carboxylic acids is 1. The molecule has 26 heavy (non-hydrogen) atoms. The molecule has 2 N–H and O–H groups in total. The van der Waals surface area contributed by atoms with E-state index in [0.29, 0.717) is 12.0 Å². The summed E-state index contributed by atoms with van der Waals surface area (Å²) < 4.78 is 42.6. The van der Waals surface area contributed by atoms with Gasteiger partial charge in [-0.25, -0.2) is 0 Å². The number of alkyl halides is 3. The van der Waals surface area contributed by atoms with Gasteiger partial charge in [-0.05, 0) is 24.0 Å². The molecular formula is C16H14F3N3O4. The van der Waals surface area contributed by atoms with Crippen molar-refractivity contribution in [2.45, 2.75) is 25.2 Å². The molecule has 138 valence electrons. The van der Waals surface area contributed by atoms with Crippen molar-refractivity contribution in [1.29, 1.82) is 0 Å². The second kappa shape index (κ2) is 6.70. The summed E-state index contributed by atoms with van der Waals surface area (Å²) in [7, 11) is 0. The number of rotatable bonds is 6. The summed E-state index contributed by atoms with van der Waals surface area (Å²) in [6, 6.07) is 7.17. The number of anilines is 1. The summed E-state index contributed by atoms with van der Waals surface area (Å²) in [6.07, 6.45) is -3.01. The van der Waals surface area contributed by atoms with E-state index in [4.69, 9.17) is 5.11 Å². The predicted molar refractivity (Wildman–Crippen MR) is 82.5 cm³/mol. The molecule has 0 spiro atoms. The lowest BCUT2D eigenvalue weighted by atomic mass is 10.1. The molecule has 0 aliphatic heterocycles. The number of benzene rings is 1. The van der Waals surface area contributed by atoms with Crippen molar-refractivity contribution in [1.82, 2.24) is 9.78 Å². The minimum absolute atomic E-state index is 0.182. The second-order valence-electron chi connectivity index (χ2n) is 5.82. The van der Waals surface area contributed by atoms with Crippen LogP contribution in [-0.4, -0.2) is 33.1 Å². The molecule has 0 unspecified atom stereocenters. The minimum Gasteiger partial charge on any atom is -0.480 e. The Morgan fingerprint density at radius 2 is 2.04 bits per heavy atom. The molecule has 10 heteroatoms. The molecule has 1 aromatic carbocycles. The predicted octanol–water partition coefficient (Wildman–Crippen LogP) is 2.61. The Balaban J connectivity index is 1.64. The van der Waals surface area contributed by atoms with Gasteiger partial charge in [0.05, 0.1) is 0 Å². The highest BCUT2D eigenvalue weighted by Gasteiger charge is 2.46. The number of carboxylic acid groups (broad SMARTS) is 1. The van der Waals surface area contributed by atoms with Crippen LogP contribution >= 0.6 is 0 Å². The number of hydrogen-bond acceptors (Lipinski definition) is 4. The van der Waals surface area contributed by atoms with Gasteiger partial charge in [-0.1, -0.05) is 18.2 Å². The molecule has 1 saturated carbocycles. The third-order valence-corrected chi connectivity index (χ3v) is 3.86. The molecule has 1 aromatic heterocycles. The first-order chi connectivity index (χ1) is 12.2. The fourth-order valence-electron chi connectivity index (χ4n) is 2.71. The van der Waals surface area contributed by atoms with Gasteiger partial charge < -0.3 is 15.2 Å². The first kappa shape index (κ1) is 17.8. The number of nitrogens with zero attached hydrogens (tertiary/aromatic N) is 2. The number of hydrogen-bond donors (Lipinski definition) is 2. The van der Waals surface area contributed by atoms with E-state index in [9.17, 15) is 22.8 Å². The molecule has 1 heterocycles. The van der Waals surface area contributed by atoms with Gasteiger partial charge in [0.1, 0.15) is 12.3 Å². The smallest absolute Gasteiger partial charge is 0.480 e. The lowest BCUT2D eigenvalue weighted by Gasteiger charge is -2.13. The molecule has 2 aromatic rings. The van der Waals surface area contributed by atoms with Gasteiger partial charge in [0.2, 0.25) is 5.91 Å². The Kier molecular flexibility index (Phi) is 4.58. The molecule has 1 aliphatic rings. The van der Waals surface area contributed by atoms with Crippen LogP contribution in [0.1, 0.15) is 17.9 Å². The normalized spacial score (nSPS) is 19.0. The Labute approximate surface area is 145 Å². The number of aliphatic carboxylic acids is 1. The summed E-state index contributed by atoms with van der Waals surface area (Å²) in [5, 5.41) is 15.1. The summed E-state index contributed by atoms with van der Waals surface area (Å²) >= 11 is 0. The fourth-order valence-corrected chi connectivity index (χ4v) is 2.71. The number of ether oxygens (including phenoxy) is 1. The lowest BCUT2D eigenvalue weighted by Crippen LogP contribution is -2.18. The van der Waals surface area contributed by atoms with Gasteiger partial charge in [0.15, 0.2) is 5.82 Å². The van der Waals surface area contributed by atoms with Crippen LogP contribution in [0.15, 0.2) is 36.5 Å². The van der Waals surface area contributed by atoms with E-state index in [0.717, 1.165) is 4.68 Å². The average Bonchev–Trinajstić information content (AvgIpc) is 3.21. The van der Waals surface area contributed by atoms with Crippen LogP contribution in [0.2, 0.25) is 0 Å². The van der Waals surface area contributed by atoms with Crippen molar-refractivity contribution >= 4 is 17.7 Å². The first-order valence-corrected chi connectivity index (χ1v) is 7.64. The van der Waals surface area contributed by atoms with Crippen molar-refractivity contribution in [3.05, 3.63) is 42.1 Å². The maximum Gasteiger partial charge on any atom is 0.573 e. The summed E-state index contributed by atoms with van der Waals surface area (Å²) in [5.74, 6) is -2.48. The quantitative estimate of drug-likeness (QED) is 0.816. The molecular weight excluding hydrogens is 355 g/mol. The molecule has 0 bridgehead atoms. The van der Waals surface area contributed by atoms with Gasteiger partial charge in [0.25, 0.3) is 0 Å². The van der Waals surface area contributed by atoms with E-state index in [1.54, 1.807) is 6.07 Å². The van der Waals surface area contributed by atoms with Crippen LogP contribution in [-0.2, 0) is 16.1 Å². The highest BCUT2D eigenvalue weighted by molar-refractivity contribution is 5.94. The second-order valence-corrected chi connectivity index (χ2v) is 5.82. The number of carbonyl (C=O) groups is 2. The van der Waals surface area contributed by atoms with E-state index >= 15 is 0 Å². The topological polar surface area (TPSA) is 93.5 Å². The monoisotopic (exact) mass is 369 g/mol. The number of halogens is 3. The van der Waals surface area contributed by atoms with Gasteiger partial charge in [-0.2, -0.15) is 5.10 Å². The van der Waals surface area contributed by atoms with Crippen molar-refractivity contribution in [2.75, 3.05) is 5.32 Å². The number of para-hydroxylation sites is 1. The zero-order chi connectivity index (χ0) is 18.9. The van der Waals surface area contributed by atoms with Crippen molar-refractivity contribution in [3.8, 4) is 5.75 Å². The Bertz CT molecular complexity index is 834. The number of carboxylic acids is 1. The molecule has 2 atom stereocenters. The summed E-state index contributed by atoms with van der Waals surface area (Å²) in [5.41, 5.74) is 0.321. The maximum atomic E-state index is 12.5. The molecule has 1 fully saturated rings. The third-order valence-electron chi connectivity index (χ3n) is 3.86. The molecule has 0 saturated heterocycles. The van der Waals surface area contributed by atoms with Gasteiger partial charge >= 0.3 is 12.3 Å². The zero-order valence-corrected chi connectivity index (χ0v) is 13.2. The van der Waals surface area contributed by atoms with Crippen LogP contribution in [0.5, 0.6) is 5.75 Å². The van der Waals surface area contributed by atoms with Crippen LogP contribution in [0.3, 0.4) is 0 Å². The Morgan fingerprint density at radius 1 is 1.31 bits per heavy atom. The fraction of sp³-hybridized carbons (Fsp3) is 0.312. The number of amides is 1. The lowest BCUT2D eigenvalue weighted by molar-refractivity contribution is -0.274. The summed E-state index contributed by atoms with van der Waals surface area (Å²) in [6.45, 7) is -0.343. The Morgan fingerprint density at radius 3 is 2.73 bits per heavy atom. The average molecular weight is 369 g/mol. The maximum absolute atomic E-state index is 12.5. The zero-order valence-electron chi connectivity index (χ0n) is 13.2. The molecule has 7 nitrogen and oxygen atoms in total. The number of nitrogens with one attached hydrogen (secondary N) is 1. The Hall–Kier alpha value is -3.04. The van der Waals surface area contributed by atoms with Crippen molar-refractivity contribution < 1.29 is 32.6 Å². The van der Waals surface area contributed by atoms with Gasteiger partial charge in [-0.3, -0.25) is 14.3 Å². The van der Waals surface area contributed by atoms with Crippen LogP contribution in [0.25, 0.3) is 0 Å². The highest BCUT2D eigenvalue weighted by atomic mass is 19.4. The van der Waals surface area contributed by atoms with Crippen LogP contribution in [0, 0.1) is 5.92 Å². The van der Waals surface area contributed by atoms with Crippen molar-refractivity contribution in [2.24, 2.45) is 5.92 Å². The molecule has 3 rings (SSSR count). The molecule has 1 amide bonds. The van der Waals surface area contributed by atoms with Gasteiger partial charge in [-0.15, -0.1) is 13.2 Å². The molecule has 1 aliphatic carbocycles. The standard InChI is InChI=1S/C16H14F3N3O4/c17-16(18,19)26-12-4-2-1-3-9(12)10-7-11(10)15(25)20-13-5-6-22(21-13)8-14(23)24/h1-6,10-11H,7-8H2,(H,23,24)(H,20,21,25)/t10-,11-/m1/s1. The third kappa shape index (κ3) is 4.32. The SMILES string of the molecule is O=C(O)Cn1ccc(NC(=O)[C@@H]2C[C@@H]2c2ccccc2OC(F)(F)F)n1. The van der Waals surface area contributed by atoms with E-state index < -0.39 is 24.2 Å².